The molecular weight excluding hydrogens is 304 g/mol. The van der Waals surface area contributed by atoms with Crippen molar-refractivity contribution >= 4 is 17.7 Å². The molecule has 4 rings (SSSR count). The first-order chi connectivity index (χ1) is 11.6. The molecule has 3 amide bonds. The van der Waals surface area contributed by atoms with E-state index in [2.05, 4.69) is 17.5 Å². The first-order valence-corrected chi connectivity index (χ1v) is 9.37. The Kier molecular flexibility index (Phi) is 3.97. The minimum Gasteiger partial charge on any atom is -0.356 e. The van der Waals surface area contributed by atoms with Gasteiger partial charge in [-0.25, -0.2) is 0 Å². The van der Waals surface area contributed by atoms with Crippen LogP contribution in [0.1, 0.15) is 51.4 Å². The minimum atomic E-state index is -0.428. The molecule has 0 radical (unpaired) electrons. The summed E-state index contributed by atoms with van der Waals surface area (Å²) in [6.07, 6.45) is 11.3. The molecule has 4 aliphatic rings. The van der Waals surface area contributed by atoms with Gasteiger partial charge in [-0.1, -0.05) is 25.0 Å². The number of carbonyl (C=O) groups is 3. The number of nitrogens with zero attached hydrogens (tertiary/aromatic N) is 1. The number of likely N-dealkylation sites (tertiary alicyclic amines) is 1. The monoisotopic (exact) mass is 330 g/mol. The summed E-state index contributed by atoms with van der Waals surface area (Å²) in [6.45, 7) is 0.956. The topological polar surface area (TPSA) is 66.5 Å². The molecule has 130 valence electrons. The molecule has 2 bridgehead atoms. The van der Waals surface area contributed by atoms with Crippen LogP contribution in [0.3, 0.4) is 0 Å². The van der Waals surface area contributed by atoms with E-state index in [1.807, 2.05) is 0 Å². The second-order valence-electron chi connectivity index (χ2n) is 8.11. The van der Waals surface area contributed by atoms with Gasteiger partial charge < -0.3 is 5.32 Å². The van der Waals surface area contributed by atoms with Crippen molar-refractivity contribution in [2.24, 2.45) is 23.2 Å². The van der Waals surface area contributed by atoms with E-state index in [1.165, 1.54) is 17.7 Å². The molecule has 5 heteroatoms. The van der Waals surface area contributed by atoms with Crippen LogP contribution in [0.4, 0.5) is 0 Å². The maximum atomic E-state index is 12.6. The van der Waals surface area contributed by atoms with Crippen LogP contribution < -0.4 is 5.32 Å². The molecule has 0 aromatic heterocycles. The highest BCUT2D eigenvalue weighted by atomic mass is 16.2. The minimum absolute atomic E-state index is 0.0314. The first kappa shape index (κ1) is 15.9. The standard InChI is InChI=1S/C19H26N2O3/c22-16(20-12-15-10-13-3-4-14(15)9-13)5-8-21-17(23)11-19(18(21)24)6-1-2-7-19/h3-4,13-15H,1-2,5-12H2,(H,20,22)/t13-,14+,15-/m0/s1. The molecule has 3 atom stereocenters. The van der Waals surface area contributed by atoms with Crippen molar-refractivity contribution in [2.75, 3.05) is 13.1 Å². The fourth-order valence-corrected chi connectivity index (χ4v) is 5.20. The number of carbonyl (C=O) groups excluding carboxylic acids is 3. The van der Waals surface area contributed by atoms with E-state index in [1.54, 1.807) is 0 Å². The Morgan fingerprint density at radius 1 is 1.21 bits per heavy atom. The Labute approximate surface area is 142 Å². The van der Waals surface area contributed by atoms with Gasteiger partial charge >= 0.3 is 0 Å². The van der Waals surface area contributed by atoms with Crippen LogP contribution in [0.5, 0.6) is 0 Å². The second-order valence-corrected chi connectivity index (χ2v) is 8.11. The van der Waals surface area contributed by atoms with E-state index in [9.17, 15) is 14.4 Å². The van der Waals surface area contributed by atoms with Gasteiger partial charge in [0.25, 0.3) is 0 Å². The molecule has 0 aromatic rings. The lowest BCUT2D eigenvalue weighted by Gasteiger charge is -2.21. The summed E-state index contributed by atoms with van der Waals surface area (Å²) < 4.78 is 0. The lowest BCUT2D eigenvalue weighted by atomic mass is 9.84. The zero-order valence-corrected chi connectivity index (χ0v) is 14.1. The Balaban J connectivity index is 1.24. The number of allylic oxidation sites excluding steroid dienone is 2. The van der Waals surface area contributed by atoms with Gasteiger partial charge in [0.05, 0.1) is 5.41 Å². The summed E-state index contributed by atoms with van der Waals surface area (Å²) in [5.41, 5.74) is -0.428. The van der Waals surface area contributed by atoms with E-state index >= 15 is 0 Å². The third-order valence-corrected chi connectivity index (χ3v) is 6.59. The van der Waals surface area contributed by atoms with E-state index < -0.39 is 5.41 Å². The molecule has 2 saturated carbocycles. The van der Waals surface area contributed by atoms with Crippen LogP contribution in [0.25, 0.3) is 0 Å². The molecular formula is C19H26N2O3. The van der Waals surface area contributed by atoms with E-state index in [0.717, 1.165) is 32.2 Å². The highest BCUT2D eigenvalue weighted by Gasteiger charge is 2.52. The maximum Gasteiger partial charge on any atom is 0.235 e. The van der Waals surface area contributed by atoms with Crippen LogP contribution in [-0.2, 0) is 14.4 Å². The Hall–Kier alpha value is -1.65. The summed E-state index contributed by atoms with van der Waals surface area (Å²) in [7, 11) is 0. The maximum absolute atomic E-state index is 12.6. The van der Waals surface area contributed by atoms with E-state index in [0.29, 0.717) is 24.2 Å². The fraction of sp³-hybridized carbons (Fsp3) is 0.737. The number of hydrogen-bond donors (Lipinski definition) is 1. The third-order valence-electron chi connectivity index (χ3n) is 6.59. The summed E-state index contributed by atoms with van der Waals surface area (Å²) in [5, 5.41) is 3.00. The molecule has 1 spiro atoms. The SMILES string of the molecule is O=C(CCN1C(=O)CC2(CCCC2)C1=O)NC[C@@H]1C[C@H]2C=C[C@@H]1C2. The van der Waals surface area contributed by atoms with Crippen LogP contribution in [0.15, 0.2) is 12.2 Å². The summed E-state index contributed by atoms with van der Waals surface area (Å²) in [5.74, 6) is 1.72. The molecule has 24 heavy (non-hydrogen) atoms. The summed E-state index contributed by atoms with van der Waals surface area (Å²) >= 11 is 0. The third kappa shape index (κ3) is 2.68. The van der Waals surface area contributed by atoms with Gasteiger partial charge in [-0.2, -0.15) is 0 Å². The van der Waals surface area contributed by atoms with Crippen LogP contribution in [0.2, 0.25) is 0 Å². The summed E-state index contributed by atoms with van der Waals surface area (Å²) in [6, 6.07) is 0. The van der Waals surface area contributed by atoms with Gasteiger partial charge in [0, 0.05) is 25.9 Å². The van der Waals surface area contributed by atoms with Crippen molar-refractivity contribution < 1.29 is 14.4 Å². The van der Waals surface area contributed by atoms with Crippen LogP contribution in [0, 0.1) is 23.2 Å². The van der Waals surface area contributed by atoms with Gasteiger partial charge in [0.15, 0.2) is 0 Å². The molecule has 3 fully saturated rings. The highest BCUT2D eigenvalue weighted by molar-refractivity contribution is 6.06. The van der Waals surface area contributed by atoms with Crippen molar-refractivity contribution in [1.82, 2.24) is 10.2 Å². The van der Waals surface area contributed by atoms with Gasteiger partial charge in [-0.3, -0.25) is 19.3 Å². The van der Waals surface area contributed by atoms with Crippen molar-refractivity contribution in [3.63, 3.8) is 0 Å². The number of hydrogen-bond acceptors (Lipinski definition) is 3. The normalized spacial score (nSPS) is 33.2. The lowest BCUT2D eigenvalue weighted by molar-refractivity contribution is -0.141. The zero-order chi connectivity index (χ0) is 16.7. The number of rotatable bonds is 5. The van der Waals surface area contributed by atoms with Gasteiger partial charge in [-0.15, -0.1) is 0 Å². The highest BCUT2D eigenvalue weighted by Crippen LogP contribution is 2.47. The quantitative estimate of drug-likeness (QED) is 0.619. The van der Waals surface area contributed by atoms with Crippen molar-refractivity contribution in [2.45, 2.75) is 51.4 Å². The molecule has 1 N–H and O–H groups in total. The van der Waals surface area contributed by atoms with Crippen LogP contribution in [-0.4, -0.2) is 35.7 Å². The Morgan fingerprint density at radius 3 is 2.67 bits per heavy atom. The van der Waals surface area contributed by atoms with Gasteiger partial charge in [0.2, 0.25) is 17.7 Å². The van der Waals surface area contributed by atoms with Gasteiger partial charge in [0.1, 0.15) is 0 Å². The van der Waals surface area contributed by atoms with E-state index in [-0.39, 0.29) is 30.7 Å². The average Bonchev–Trinajstić information content (AvgIpc) is 3.32. The largest absolute Gasteiger partial charge is 0.356 e. The molecule has 1 heterocycles. The fourth-order valence-electron chi connectivity index (χ4n) is 5.20. The van der Waals surface area contributed by atoms with Crippen molar-refractivity contribution in [3.05, 3.63) is 12.2 Å². The lowest BCUT2D eigenvalue weighted by Crippen LogP contribution is -2.38. The Morgan fingerprint density at radius 2 is 2.00 bits per heavy atom. The molecule has 0 unspecified atom stereocenters. The molecule has 1 aliphatic heterocycles. The number of fused-ring (bicyclic) bond motifs is 2. The molecule has 1 saturated heterocycles. The second kappa shape index (κ2) is 6.01. The van der Waals surface area contributed by atoms with Crippen molar-refractivity contribution in [1.29, 1.82) is 0 Å². The average molecular weight is 330 g/mol. The van der Waals surface area contributed by atoms with E-state index in [4.69, 9.17) is 0 Å². The van der Waals surface area contributed by atoms with Crippen molar-refractivity contribution in [3.8, 4) is 0 Å². The molecule has 5 nitrogen and oxygen atoms in total. The predicted molar refractivity (Wildman–Crippen MR) is 88.7 cm³/mol. The summed E-state index contributed by atoms with van der Waals surface area (Å²) in [4.78, 5) is 38.2. The molecule has 0 aromatic carbocycles. The molecule has 3 aliphatic carbocycles. The Bertz CT molecular complexity index is 591. The number of amides is 3. The van der Waals surface area contributed by atoms with Gasteiger partial charge in [-0.05, 0) is 43.4 Å². The smallest absolute Gasteiger partial charge is 0.235 e. The number of nitrogens with one attached hydrogen (secondary N) is 1. The first-order valence-electron chi connectivity index (χ1n) is 9.37. The predicted octanol–water partition coefficient (Wildman–Crippen LogP) is 2.02. The zero-order valence-electron chi connectivity index (χ0n) is 14.1. The van der Waals surface area contributed by atoms with Crippen LogP contribution >= 0.6 is 0 Å². The number of imide groups is 1.